The molecule has 1 aromatic carbocycles. The van der Waals surface area contributed by atoms with E-state index in [1.54, 1.807) is 22.5 Å². The molecule has 0 saturated carbocycles. The van der Waals surface area contributed by atoms with Crippen LogP contribution in [-0.2, 0) is 15.9 Å². The van der Waals surface area contributed by atoms with Gasteiger partial charge in [0.25, 0.3) is 0 Å². The van der Waals surface area contributed by atoms with Crippen molar-refractivity contribution in [3.63, 3.8) is 0 Å². The zero-order valence-corrected chi connectivity index (χ0v) is 13.5. The van der Waals surface area contributed by atoms with Crippen LogP contribution in [-0.4, -0.2) is 25.8 Å². The molecule has 3 nitrogen and oxygen atoms in total. The van der Waals surface area contributed by atoms with E-state index in [1.807, 2.05) is 6.07 Å². The summed E-state index contributed by atoms with van der Waals surface area (Å²) in [5.74, 6) is 0.991. The fraction of sp³-hybridized carbons (Fsp3) is 0.600. The van der Waals surface area contributed by atoms with Gasteiger partial charge in [-0.3, -0.25) is 0 Å². The number of alkyl halides is 1. The molecule has 1 aliphatic rings. The first-order valence-electron chi connectivity index (χ1n) is 7.23. The fourth-order valence-electron chi connectivity index (χ4n) is 2.73. The molecule has 2 rings (SSSR count). The van der Waals surface area contributed by atoms with Crippen LogP contribution in [0.5, 0.6) is 0 Å². The Morgan fingerprint density at radius 3 is 2.80 bits per heavy atom. The van der Waals surface area contributed by atoms with Gasteiger partial charge in [-0.15, -0.1) is 11.6 Å². The van der Waals surface area contributed by atoms with E-state index in [4.69, 9.17) is 11.6 Å². The number of hydrogen-bond donors (Lipinski definition) is 0. The summed E-state index contributed by atoms with van der Waals surface area (Å²) in [7, 11) is -3.37. The van der Waals surface area contributed by atoms with Gasteiger partial charge in [-0.2, -0.15) is 4.31 Å². The van der Waals surface area contributed by atoms with Crippen molar-refractivity contribution in [1.82, 2.24) is 4.31 Å². The van der Waals surface area contributed by atoms with Gasteiger partial charge >= 0.3 is 0 Å². The predicted octanol–water partition coefficient (Wildman–Crippen LogP) is 3.63. The number of hydrogen-bond acceptors (Lipinski definition) is 2. The van der Waals surface area contributed by atoms with E-state index in [0.29, 0.717) is 29.8 Å². The van der Waals surface area contributed by atoms with Crippen molar-refractivity contribution in [2.24, 2.45) is 5.92 Å². The van der Waals surface area contributed by atoms with Gasteiger partial charge in [0.05, 0.1) is 4.90 Å². The van der Waals surface area contributed by atoms with Gasteiger partial charge in [0.15, 0.2) is 0 Å². The fourth-order valence-corrected chi connectivity index (χ4v) is 4.46. The minimum Gasteiger partial charge on any atom is -0.207 e. The van der Waals surface area contributed by atoms with Crippen molar-refractivity contribution in [1.29, 1.82) is 0 Å². The molecule has 1 saturated heterocycles. The average Bonchev–Trinajstić information content (AvgIpc) is 2.73. The Labute approximate surface area is 127 Å². The van der Waals surface area contributed by atoms with Gasteiger partial charge in [0.1, 0.15) is 0 Å². The number of sulfonamides is 1. The lowest BCUT2D eigenvalue weighted by atomic mass is 9.98. The summed E-state index contributed by atoms with van der Waals surface area (Å²) in [6.07, 6.45) is 4.18. The summed E-state index contributed by atoms with van der Waals surface area (Å²) in [5.41, 5.74) is 0.842. The van der Waals surface area contributed by atoms with Crippen LogP contribution in [0.3, 0.4) is 0 Å². The lowest BCUT2D eigenvalue weighted by molar-refractivity contribution is 0.407. The number of halogens is 1. The molecule has 1 atom stereocenters. The van der Waals surface area contributed by atoms with Gasteiger partial charge in [0.2, 0.25) is 10.0 Å². The van der Waals surface area contributed by atoms with Crippen LogP contribution < -0.4 is 0 Å². The standard InChI is InChI=1S/C15H22ClNO2S/c1-2-13-6-4-9-17(10-8-13)20(18,19)15-7-3-5-14(11-15)12-16/h3,5,7,11,13H,2,4,6,8-10,12H2,1H3. The quantitative estimate of drug-likeness (QED) is 0.796. The van der Waals surface area contributed by atoms with E-state index in [2.05, 4.69) is 6.92 Å². The summed E-state index contributed by atoms with van der Waals surface area (Å²) in [5, 5.41) is 0. The normalized spacial score (nSPS) is 21.6. The highest BCUT2D eigenvalue weighted by atomic mass is 35.5. The highest BCUT2D eigenvalue weighted by Gasteiger charge is 2.27. The monoisotopic (exact) mass is 315 g/mol. The molecule has 0 bridgehead atoms. The van der Waals surface area contributed by atoms with E-state index in [-0.39, 0.29) is 0 Å². The molecule has 1 heterocycles. The summed E-state index contributed by atoms with van der Waals surface area (Å²) >= 11 is 5.79. The Morgan fingerprint density at radius 1 is 1.30 bits per heavy atom. The maximum Gasteiger partial charge on any atom is 0.243 e. The molecule has 1 aliphatic heterocycles. The molecular formula is C15H22ClNO2S. The molecule has 0 aromatic heterocycles. The molecule has 0 aliphatic carbocycles. The summed E-state index contributed by atoms with van der Waals surface area (Å²) in [6.45, 7) is 3.44. The average molecular weight is 316 g/mol. The highest BCUT2D eigenvalue weighted by molar-refractivity contribution is 7.89. The molecule has 112 valence electrons. The van der Waals surface area contributed by atoms with Crippen LogP contribution in [0.2, 0.25) is 0 Å². The van der Waals surface area contributed by atoms with Crippen molar-refractivity contribution in [3.8, 4) is 0 Å². The Balaban J connectivity index is 2.21. The van der Waals surface area contributed by atoms with Crippen LogP contribution in [0.15, 0.2) is 29.2 Å². The van der Waals surface area contributed by atoms with Gasteiger partial charge in [-0.05, 0) is 42.9 Å². The number of benzene rings is 1. The lowest BCUT2D eigenvalue weighted by Gasteiger charge is -2.20. The van der Waals surface area contributed by atoms with Crippen LogP contribution in [0, 0.1) is 5.92 Å². The van der Waals surface area contributed by atoms with E-state index in [0.717, 1.165) is 31.2 Å². The highest BCUT2D eigenvalue weighted by Crippen LogP contribution is 2.25. The molecule has 1 aromatic rings. The van der Waals surface area contributed by atoms with E-state index in [1.165, 1.54) is 0 Å². The Kier molecular flexibility index (Phi) is 5.47. The van der Waals surface area contributed by atoms with Crippen LogP contribution in [0.25, 0.3) is 0 Å². The van der Waals surface area contributed by atoms with Crippen molar-refractivity contribution in [3.05, 3.63) is 29.8 Å². The first kappa shape index (κ1) is 15.8. The van der Waals surface area contributed by atoms with E-state index in [9.17, 15) is 8.42 Å². The van der Waals surface area contributed by atoms with Gasteiger partial charge in [0, 0.05) is 19.0 Å². The second-order valence-electron chi connectivity index (χ2n) is 5.39. The molecule has 1 fully saturated rings. The molecule has 20 heavy (non-hydrogen) atoms. The van der Waals surface area contributed by atoms with Crippen LogP contribution in [0.1, 0.15) is 38.2 Å². The maximum atomic E-state index is 12.7. The summed E-state index contributed by atoms with van der Waals surface area (Å²) < 4.78 is 27.0. The number of nitrogens with zero attached hydrogens (tertiary/aromatic N) is 1. The predicted molar refractivity (Wildman–Crippen MR) is 82.4 cm³/mol. The second-order valence-corrected chi connectivity index (χ2v) is 7.60. The SMILES string of the molecule is CCC1CCCN(S(=O)(=O)c2cccc(CCl)c2)CC1. The molecule has 0 radical (unpaired) electrons. The van der Waals surface area contributed by atoms with Gasteiger partial charge in [-0.1, -0.05) is 25.5 Å². The third kappa shape index (κ3) is 3.54. The molecule has 5 heteroatoms. The van der Waals surface area contributed by atoms with Crippen molar-refractivity contribution in [2.45, 2.75) is 43.4 Å². The van der Waals surface area contributed by atoms with Crippen molar-refractivity contribution in [2.75, 3.05) is 13.1 Å². The smallest absolute Gasteiger partial charge is 0.207 e. The minimum absolute atomic E-state index is 0.335. The zero-order valence-electron chi connectivity index (χ0n) is 11.9. The lowest BCUT2D eigenvalue weighted by Crippen LogP contribution is -2.32. The molecule has 0 spiro atoms. The first-order valence-corrected chi connectivity index (χ1v) is 9.20. The zero-order chi connectivity index (χ0) is 14.6. The Hall–Kier alpha value is -0.580. The molecule has 0 N–H and O–H groups in total. The van der Waals surface area contributed by atoms with E-state index < -0.39 is 10.0 Å². The largest absolute Gasteiger partial charge is 0.243 e. The summed E-state index contributed by atoms with van der Waals surface area (Å²) in [4.78, 5) is 0.366. The minimum atomic E-state index is -3.37. The first-order chi connectivity index (χ1) is 9.57. The third-order valence-corrected chi connectivity index (χ3v) is 6.28. The topological polar surface area (TPSA) is 37.4 Å². The van der Waals surface area contributed by atoms with Crippen LogP contribution in [0.4, 0.5) is 0 Å². The molecule has 0 amide bonds. The summed E-state index contributed by atoms with van der Waals surface area (Å²) in [6, 6.07) is 6.96. The Morgan fingerprint density at radius 2 is 2.10 bits per heavy atom. The van der Waals surface area contributed by atoms with E-state index >= 15 is 0 Å². The maximum absolute atomic E-state index is 12.7. The Bertz CT molecular complexity index is 545. The van der Waals surface area contributed by atoms with Crippen molar-refractivity contribution < 1.29 is 8.42 Å². The molecular weight excluding hydrogens is 294 g/mol. The number of rotatable bonds is 4. The molecule has 1 unspecified atom stereocenters. The van der Waals surface area contributed by atoms with Crippen molar-refractivity contribution >= 4 is 21.6 Å². The van der Waals surface area contributed by atoms with Gasteiger partial charge in [-0.25, -0.2) is 8.42 Å². The second kappa shape index (κ2) is 6.92. The van der Waals surface area contributed by atoms with Gasteiger partial charge < -0.3 is 0 Å². The van der Waals surface area contributed by atoms with Crippen LogP contribution >= 0.6 is 11.6 Å². The third-order valence-electron chi connectivity index (χ3n) is 4.07.